The molecule has 0 bridgehead atoms. The van der Waals surface area contributed by atoms with Crippen LogP contribution in [0.5, 0.6) is 0 Å². The van der Waals surface area contributed by atoms with E-state index in [0.29, 0.717) is 24.4 Å². The largest absolute Gasteiger partial charge is 0.312 e. The molecule has 0 radical (unpaired) electrons. The van der Waals surface area contributed by atoms with Gasteiger partial charge in [0.2, 0.25) is 0 Å². The van der Waals surface area contributed by atoms with Gasteiger partial charge in [-0.05, 0) is 25.8 Å². The van der Waals surface area contributed by atoms with Crippen LogP contribution < -0.4 is 5.32 Å². The Morgan fingerprint density at radius 1 is 1.53 bits per heavy atom. The Labute approximate surface area is 93.5 Å². The maximum atomic E-state index is 8.74. The fourth-order valence-corrected chi connectivity index (χ4v) is 2.18. The van der Waals surface area contributed by atoms with Crippen LogP contribution in [0.4, 0.5) is 0 Å². The van der Waals surface area contributed by atoms with E-state index >= 15 is 0 Å². The van der Waals surface area contributed by atoms with Crippen LogP contribution in [0.25, 0.3) is 0 Å². The van der Waals surface area contributed by atoms with Gasteiger partial charge in [0, 0.05) is 25.2 Å². The molecule has 0 aromatic rings. The summed E-state index contributed by atoms with van der Waals surface area (Å²) in [4.78, 5) is 2.52. The highest BCUT2D eigenvalue weighted by Gasteiger charge is 2.22. The van der Waals surface area contributed by atoms with Crippen molar-refractivity contribution in [2.45, 2.75) is 45.7 Å². The molecule has 0 aromatic heterocycles. The van der Waals surface area contributed by atoms with Gasteiger partial charge < -0.3 is 5.32 Å². The SMILES string of the molecule is CC(C)CN1CC(CC#N)NCCC1C. The molecular weight excluding hydrogens is 186 g/mol. The van der Waals surface area contributed by atoms with Crippen LogP contribution in [-0.4, -0.2) is 36.6 Å². The lowest BCUT2D eigenvalue weighted by atomic mass is 10.1. The minimum Gasteiger partial charge on any atom is -0.312 e. The van der Waals surface area contributed by atoms with Crippen LogP contribution in [0.3, 0.4) is 0 Å². The van der Waals surface area contributed by atoms with Gasteiger partial charge in [-0.3, -0.25) is 4.90 Å². The highest BCUT2D eigenvalue weighted by Crippen LogP contribution is 2.12. The van der Waals surface area contributed by atoms with E-state index in [1.807, 2.05) is 0 Å². The van der Waals surface area contributed by atoms with E-state index in [4.69, 9.17) is 5.26 Å². The topological polar surface area (TPSA) is 39.1 Å². The first-order valence-electron chi connectivity index (χ1n) is 5.98. The molecule has 1 heterocycles. The number of hydrogen-bond donors (Lipinski definition) is 1. The summed E-state index contributed by atoms with van der Waals surface area (Å²) in [7, 11) is 0. The van der Waals surface area contributed by atoms with Crippen LogP contribution in [0, 0.1) is 17.2 Å². The fraction of sp³-hybridized carbons (Fsp3) is 0.917. The van der Waals surface area contributed by atoms with Crippen molar-refractivity contribution in [2.75, 3.05) is 19.6 Å². The van der Waals surface area contributed by atoms with Gasteiger partial charge in [-0.2, -0.15) is 5.26 Å². The second kappa shape index (κ2) is 6.09. The van der Waals surface area contributed by atoms with Crippen molar-refractivity contribution in [3.05, 3.63) is 0 Å². The van der Waals surface area contributed by atoms with Gasteiger partial charge in [-0.15, -0.1) is 0 Å². The summed E-state index contributed by atoms with van der Waals surface area (Å²) in [5, 5.41) is 12.2. The number of rotatable bonds is 3. The standard InChI is InChI=1S/C12H23N3/c1-10(2)8-15-9-12(4-6-13)14-7-5-11(15)3/h10-12,14H,4-5,7-9H2,1-3H3. The highest BCUT2D eigenvalue weighted by atomic mass is 15.2. The van der Waals surface area contributed by atoms with Crippen LogP contribution in [0.1, 0.15) is 33.6 Å². The zero-order chi connectivity index (χ0) is 11.3. The third-order valence-electron chi connectivity index (χ3n) is 3.01. The van der Waals surface area contributed by atoms with Crippen molar-refractivity contribution in [1.29, 1.82) is 5.26 Å². The summed E-state index contributed by atoms with van der Waals surface area (Å²) in [5.74, 6) is 0.702. The van der Waals surface area contributed by atoms with Crippen LogP contribution in [0.15, 0.2) is 0 Å². The van der Waals surface area contributed by atoms with Crippen molar-refractivity contribution in [3.63, 3.8) is 0 Å². The predicted octanol–water partition coefficient (Wildman–Crippen LogP) is 1.61. The lowest BCUT2D eigenvalue weighted by Gasteiger charge is -2.29. The Morgan fingerprint density at radius 2 is 2.27 bits per heavy atom. The Balaban J connectivity index is 2.53. The first-order valence-corrected chi connectivity index (χ1v) is 5.98. The van der Waals surface area contributed by atoms with Gasteiger partial charge in [0.15, 0.2) is 0 Å². The normalized spacial score (nSPS) is 28.7. The average molecular weight is 209 g/mol. The van der Waals surface area contributed by atoms with Gasteiger partial charge >= 0.3 is 0 Å². The average Bonchev–Trinajstić information content (AvgIpc) is 2.30. The van der Waals surface area contributed by atoms with E-state index < -0.39 is 0 Å². The number of nitrogens with one attached hydrogen (secondary N) is 1. The predicted molar refractivity (Wildman–Crippen MR) is 62.5 cm³/mol. The highest BCUT2D eigenvalue weighted by molar-refractivity contribution is 4.87. The molecule has 1 aliphatic heterocycles. The van der Waals surface area contributed by atoms with E-state index in [1.54, 1.807) is 0 Å². The summed E-state index contributed by atoms with van der Waals surface area (Å²) in [6.45, 7) is 10.0. The molecular formula is C12H23N3. The van der Waals surface area contributed by atoms with E-state index in [1.165, 1.54) is 6.42 Å². The van der Waals surface area contributed by atoms with Gasteiger partial charge in [0.05, 0.1) is 12.5 Å². The molecule has 3 nitrogen and oxygen atoms in total. The number of hydrogen-bond acceptors (Lipinski definition) is 3. The summed E-state index contributed by atoms with van der Waals surface area (Å²) in [6, 6.07) is 3.27. The Morgan fingerprint density at radius 3 is 2.87 bits per heavy atom. The molecule has 2 atom stereocenters. The molecule has 0 amide bonds. The fourth-order valence-electron chi connectivity index (χ4n) is 2.18. The van der Waals surface area contributed by atoms with Crippen molar-refractivity contribution in [2.24, 2.45) is 5.92 Å². The maximum Gasteiger partial charge on any atom is 0.0638 e. The lowest BCUT2D eigenvalue weighted by Crippen LogP contribution is -2.41. The van der Waals surface area contributed by atoms with Crippen molar-refractivity contribution in [3.8, 4) is 6.07 Å². The Bertz CT molecular complexity index is 219. The summed E-state index contributed by atoms with van der Waals surface area (Å²) < 4.78 is 0. The molecule has 15 heavy (non-hydrogen) atoms. The molecule has 1 saturated heterocycles. The molecule has 1 rings (SSSR count). The number of nitriles is 1. The molecule has 0 aliphatic carbocycles. The molecule has 1 fully saturated rings. The maximum absolute atomic E-state index is 8.74. The quantitative estimate of drug-likeness (QED) is 0.767. The molecule has 1 N–H and O–H groups in total. The first-order chi connectivity index (χ1) is 7.13. The minimum atomic E-state index is 0.360. The Hall–Kier alpha value is -0.590. The molecule has 1 aliphatic rings. The van der Waals surface area contributed by atoms with E-state index in [0.717, 1.165) is 19.6 Å². The molecule has 0 saturated carbocycles. The van der Waals surface area contributed by atoms with E-state index in [2.05, 4.69) is 37.1 Å². The van der Waals surface area contributed by atoms with Crippen molar-refractivity contribution >= 4 is 0 Å². The van der Waals surface area contributed by atoms with Gasteiger partial charge in [-0.25, -0.2) is 0 Å². The monoisotopic (exact) mass is 209 g/mol. The van der Waals surface area contributed by atoms with E-state index in [-0.39, 0.29) is 0 Å². The van der Waals surface area contributed by atoms with Crippen molar-refractivity contribution < 1.29 is 0 Å². The summed E-state index contributed by atoms with van der Waals surface area (Å²) in [6.07, 6.45) is 1.82. The third-order valence-corrected chi connectivity index (χ3v) is 3.01. The second-order valence-corrected chi connectivity index (χ2v) is 5.00. The zero-order valence-corrected chi connectivity index (χ0v) is 10.2. The molecule has 3 heteroatoms. The summed E-state index contributed by atoms with van der Waals surface area (Å²) in [5.41, 5.74) is 0. The summed E-state index contributed by atoms with van der Waals surface area (Å²) >= 11 is 0. The molecule has 2 unspecified atom stereocenters. The smallest absolute Gasteiger partial charge is 0.0638 e. The van der Waals surface area contributed by atoms with Gasteiger partial charge in [-0.1, -0.05) is 13.8 Å². The van der Waals surface area contributed by atoms with Crippen LogP contribution in [-0.2, 0) is 0 Å². The number of nitrogens with zero attached hydrogens (tertiary/aromatic N) is 2. The Kier molecular flexibility index (Phi) is 5.07. The molecule has 86 valence electrons. The lowest BCUT2D eigenvalue weighted by molar-refractivity contribution is 0.183. The van der Waals surface area contributed by atoms with E-state index in [9.17, 15) is 0 Å². The molecule has 0 aromatic carbocycles. The second-order valence-electron chi connectivity index (χ2n) is 5.00. The molecule has 0 spiro atoms. The van der Waals surface area contributed by atoms with Crippen LogP contribution in [0.2, 0.25) is 0 Å². The zero-order valence-electron chi connectivity index (χ0n) is 10.2. The minimum absolute atomic E-state index is 0.360. The van der Waals surface area contributed by atoms with Crippen molar-refractivity contribution in [1.82, 2.24) is 10.2 Å². The van der Waals surface area contributed by atoms with Crippen LogP contribution >= 0.6 is 0 Å². The third kappa shape index (κ3) is 4.19. The van der Waals surface area contributed by atoms with Gasteiger partial charge in [0.1, 0.15) is 0 Å². The van der Waals surface area contributed by atoms with Gasteiger partial charge in [0.25, 0.3) is 0 Å². The first kappa shape index (κ1) is 12.5.